The van der Waals surface area contributed by atoms with Crippen LogP contribution >= 0.6 is 0 Å². The lowest BCUT2D eigenvalue weighted by atomic mass is 9.83. The van der Waals surface area contributed by atoms with E-state index in [9.17, 15) is 4.79 Å². The molecule has 98 valence electrons. The third-order valence-corrected chi connectivity index (χ3v) is 3.59. The topological polar surface area (TPSA) is 35.5 Å². The van der Waals surface area contributed by atoms with Crippen LogP contribution in [0.25, 0.3) is 0 Å². The van der Waals surface area contributed by atoms with E-state index in [1.807, 2.05) is 12.1 Å². The summed E-state index contributed by atoms with van der Waals surface area (Å²) in [6, 6.07) is 8.28. The lowest BCUT2D eigenvalue weighted by Gasteiger charge is -2.28. The lowest BCUT2D eigenvalue weighted by Crippen LogP contribution is -2.22. The van der Waals surface area contributed by atoms with E-state index in [1.165, 1.54) is 12.5 Å². The summed E-state index contributed by atoms with van der Waals surface area (Å²) in [4.78, 5) is 10.9. The molecule has 1 aromatic rings. The molecule has 1 aliphatic carbocycles. The van der Waals surface area contributed by atoms with Gasteiger partial charge in [-0.15, -0.1) is 0 Å². The van der Waals surface area contributed by atoms with Gasteiger partial charge in [-0.2, -0.15) is 0 Å². The number of esters is 1. The molecule has 2 rings (SSSR count). The van der Waals surface area contributed by atoms with Gasteiger partial charge < -0.3 is 9.47 Å². The minimum absolute atomic E-state index is 0.122. The van der Waals surface area contributed by atoms with Crippen LogP contribution in [0, 0.1) is 0 Å². The van der Waals surface area contributed by atoms with E-state index in [1.54, 1.807) is 7.11 Å². The first-order valence-electron chi connectivity index (χ1n) is 6.50. The van der Waals surface area contributed by atoms with Gasteiger partial charge in [0.2, 0.25) is 0 Å². The molecule has 1 fully saturated rings. The Morgan fingerprint density at radius 2 is 1.72 bits per heavy atom. The number of methoxy groups -OCH3 is 1. The Balaban J connectivity index is 1.90. The van der Waals surface area contributed by atoms with Crippen LogP contribution in [0.2, 0.25) is 0 Å². The second kappa shape index (κ2) is 5.89. The molecule has 0 heterocycles. The van der Waals surface area contributed by atoms with Crippen molar-refractivity contribution in [3.8, 4) is 5.75 Å². The van der Waals surface area contributed by atoms with Crippen molar-refractivity contribution in [1.29, 1.82) is 0 Å². The number of hydrogen-bond acceptors (Lipinski definition) is 3. The summed E-state index contributed by atoms with van der Waals surface area (Å²) in [6.07, 6.45) is 4.23. The zero-order chi connectivity index (χ0) is 13.0. The molecule has 0 unspecified atom stereocenters. The van der Waals surface area contributed by atoms with Crippen molar-refractivity contribution >= 4 is 5.97 Å². The third kappa shape index (κ3) is 3.25. The first-order chi connectivity index (χ1) is 8.69. The first-order valence-corrected chi connectivity index (χ1v) is 6.50. The molecule has 1 aliphatic rings. The molecule has 0 radical (unpaired) electrons. The zero-order valence-corrected chi connectivity index (χ0v) is 11.0. The van der Waals surface area contributed by atoms with E-state index < -0.39 is 0 Å². The minimum Gasteiger partial charge on any atom is -0.497 e. The van der Waals surface area contributed by atoms with E-state index >= 15 is 0 Å². The Bertz CT molecular complexity index is 389. The second-order valence-electron chi connectivity index (χ2n) is 4.86. The molecule has 0 bridgehead atoms. The molecule has 3 heteroatoms. The van der Waals surface area contributed by atoms with Gasteiger partial charge in [0.25, 0.3) is 0 Å². The number of hydrogen-bond donors (Lipinski definition) is 0. The molecule has 0 aliphatic heterocycles. The van der Waals surface area contributed by atoms with Gasteiger partial charge in [0.05, 0.1) is 7.11 Å². The van der Waals surface area contributed by atoms with Gasteiger partial charge in [-0.3, -0.25) is 4.79 Å². The van der Waals surface area contributed by atoms with Crippen LogP contribution in [0.15, 0.2) is 24.3 Å². The summed E-state index contributed by atoms with van der Waals surface area (Å²) < 4.78 is 10.4. The SMILES string of the molecule is COc1ccc(C2CCC(OC(C)=O)CC2)cc1. The molecule has 1 saturated carbocycles. The van der Waals surface area contributed by atoms with Crippen molar-refractivity contribution in [2.45, 2.75) is 44.6 Å². The van der Waals surface area contributed by atoms with Crippen LogP contribution in [0.1, 0.15) is 44.1 Å². The predicted molar refractivity (Wildman–Crippen MR) is 69.8 cm³/mol. The highest BCUT2D eigenvalue weighted by molar-refractivity contribution is 5.66. The van der Waals surface area contributed by atoms with Gasteiger partial charge in [-0.25, -0.2) is 0 Å². The maximum absolute atomic E-state index is 10.9. The standard InChI is InChI=1S/C15H20O3/c1-11(16)18-15-9-5-13(6-10-15)12-3-7-14(17-2)8-4-12/h3-4,7-8,13,15H,5-6,9-10H2,1-2H3. The number of carbonyl (C=O) groups is 1. The summed E-state index contributed by atoms with van der Waals surface area (Å²) in [7, 11) is 1.68. The summed E-state index contributed by atoms with van der Waals surface area (Å²) in [6.45, 7) is 1.48. The molecule has 0 saturated heterocycles. The van der Waals surface area contributed by atoms with Crippen molar-refractivity contribution in [2.24, 2.45) is 0 Å². The number of benzene rings is 1. The Kier molecular flexibility index (Phi) is 4.24. The van der Waals surface area contributed by atoms with Crippen LogP contribution in [0.5, 0.6) is 5.75 Å². The van der Waals surface area contributed by atoms with E-state index in [0.717, 1.165) is 31.4 Å². The summed E-state index contributed by atoms with van der Waals surface area (Å²) >= 11 is 0. The molecular weight excluding hydrogens is 228 g/mol. The Morgan fingerprint density at radius 1 is 1.11 bits per heavy atom. The highest BCUT2D eigenvalue weighted by Gasteiger charge is 2.23. The predicted octanol–water partition coefficient (Wildman–Crippen LogP) is 3.28. The molecule has 0 aromatic heterocycles. The number of rotatable bonds is 3. The van der Waals surface area contributed by atoms with Crippen LogP contribution in [-0.4, -0.2) is 19.2 Å². The van der Waals surface area contributed by atoms with Crippen LogP contribution < -0.4 is 4.74 Å². The Labute approximate surface area is 108 Å². The van der Waals surface area contributed by atoms with Crippen molar-refractivity contribution in [2.75, 3.05) is 7.11 Å². The monoisotopic (exact) mass is 248 g/mol. The molecule has 0 amide bonds. The second-order valence-corrected chi connectivity index (χ2v) is 4.86. The quantitative estimate of drug-likeness (QED) is 0.770. The van der Waals surface area contributed by atoms with Crippen molar-refractivity contribution in [1.82, 2.24) is 0 Å². The van der Waals surface area contributed by atoms with Crippen molar-refractivity contribution in [3.05, 3.63) is 29.8 Å². The maximum atomic E-state index is 10.9. The van der Waals surface area contributed by atoms with Crippen LogP contribution in [0.4, 0.5) is 0 Å². The van der Waals surface area contributed by atoms with Crippen LogP contribution in [0.3, 0.4) is 0 Å². The Hall–Kier alpha value is -1.51. The zero-order valence-electron chi connectivity index (χ0n) is 11.0. The van der Waals surface area contributed by atoms with E-state index in [-0.39, 0.29) is 12.1 Å². The average Bonchev–Trinajstić information content (AvgIpc) is 2.39. The molecule has 18 heavy (non-hydrogen) atoms. The van der Waals surface area contributed by atoms with Gasteiger partial charge in [0.15, 0.2) is 0 Å². The van der Waals surface area contributed by atoms with Gasteiger partial charge in [0, 0.05) is 6.92 Å². The molecule has 0 atom stereocenters. The fourth-order valence-electron chi connectivity index (χ4n) is 2.62. The smallest absolute Gasteiger partial charge is 0.302 e. The van der Waals surface area contributed by atoms with Gasteiger partial charge in [-0.1, -0.05) is 12.1 Å². The van der Waals surface area contributed by atoms with Crippen molar-refractivity contribution < 1.29 is 14.3 Å². The Morgan fingerprint density at radius 3 is 2.22 bits per heavy atom. The maximum Gasteiger partial charge on any atom is 0.302 e. The fraction of sp³-hybridized carbons (Fsp3) is 0.533. The molecule has 0 N–H and O–H groups in total. The summed E-state index contributed by atoms with van der Waals surface area (Å²) in [5.74, 6) is 1.32. The highest BCUT2D eigenvalue weighted by atomic mass is 16.5. The highest BCUT2D eigenvalue weighted by Crippen LogP contribution is 2.34. The van der Waals surface area contributed by atoms with Crippen molar-refractivity contribution in [3.63, 3.8) is 0 Å². The third-order valence-electron chi connectivity index (χ3n) is 3.59. The van der Waals surface area contributed by atoms with E-state index in [4.69, 9.17) is 9.47 Å². The first kappa shape index (κ1) is 12.9. The minimum atomic E-state index is -0.164. The summed E-state index contributed by atoms with van der Waals surface area (Å²) in [5, 5.41) is 0. The van der Waals surface area contributed by atoms with Gasteiger partial charge in [0.1, 0.15) is 11.9 Å². The largest absolute Gasteiger partial charge is 0.497 e. The number of carbonyl (C=O) groups excluding carboxylic acids is 1. The van der Waals surface area contributed by atoms with E-state index in [2.05, 4.69) is 12.1 Å². The lowest BCUT2D eigenvalue weighted by molar-refractivity contribution is -0.147. The molecule has 3 nitrogen and oxygen atoms in total. The fourth-order valence-corrected chi connectivity index (χ4v) is 2.62. The van der Waals surface area contributed by atoms with Gasteiger partial charge >= 0.3 is 5.97 Å². The number of ether oxygens (including phenoxy) is 2. The molecule has 0 spiro atoms. The average molecular weight is 248 g/mol. The molecule has 1 aromatic carbocycles. The molecular formula is C15H20O3. The normalized spacial score (nSPS) is 23.4. The van der Waals surface area contributed by atoms with Gasteiger partial charge in [-0.05, 0) is 49.3 Å². The summed E-state index contributed by atoms with van der Waals surface area (Å²) in [5.41, 5.74) is 1.36. The van der Waals surface area contributed by atoms with E-state index in [0.29, 0.717) is 5.92 Å². The van der Waals surface area contributed by atoms with Crippen LogP contribution in [-0.2, 0) is 9.53 Å².